The Morgan fingerprint density at radius 3 is 1.27 bits per heavy atom. The van der Waals surface area contributed by atoms with Gasteiger partial charge in [0, 0.05) is 95.7 Å². The van der Waals surface area contributed by atoms with Crippen molar-refractivity contribution < 1.29 is 38.1 Å². The number of carbonyl (C=O) groups is 4. The van der Waals surface area contributed by atoms with Gasteiger partial charge in [-0.2, -0.15) is 0 Å². The molecule has 6 aliphatic rings. The number of piperidine rings is 4. The minimum Gasteiger partial charge on any atom is -0.462 e. The van der Waals surface area contributed by atoms with Crippen LogP contribution in [0.15, 0.2) is 0 Å². The van der Waals surface area contributed by atoms with Crippen LogP contribution in [0, 0.1) is 17.3 Å². The highest BCUT2D eigenvalue weighted by molar-refractivity contribution is 5.98. The van der Waals surface area contributed by atoms with Gasteiger partial charge in [-0.15, -0.1) is 0 Å². The van der Waals surface area contributed by atoms with Crippen molar-refractivity contribution in [2.24, 2.45) is 17.3 Å². The quantitative estimate of drug-likeness (QED) is 0.192. The maximum absolute atomic E-state index is 15.9. The first kappa shape index (κ1) is 47.2. The van der Waals surface area contributed by atoms with Crippen molar-refractivity contribution in [2.75, 3.05) is 28.2 Å². The molecule has 12 nitrogen and oxygen atoms in total. The largest absolute Gasteiger partial charge is 0.462 e. The fourth-order valence-corrected chi connectivity index (χ4v) is 14.0. The normalized spacial score (nSPS) is 34.4. The monoisotopic (exact) mass is 843 g/mol. The van der Waals surface area contributed by atoms with Crippen LogP contribution < -0.4 is 0 Å². The molecular formula is C48H82N4O8. The molecule has 6 aliphatic heterocycles. The molecule has 2 spiro atoms. The summed E-state index contributed by atoms with van der Waals surface area (Å²) >= 11 is 0. The predicted octanol–water partition coefficient (Wildman–Crippen LogP) is 7.14. The average Bonchev–Trinajstić information content (AvgIpc) is 3.04. The molecular weight excluding hydrogens is 761 g/mol. The van der Waals surface area contributed by atoms with Gasteiger partial charge in [-0.3, -0.25) is 38.8 Å². The van der Waals surface area contributed by atoms with Gasteiger partial charge in [0.1, 0.15) is 34.7 Å². The molecule has 0 saturated carbocycles. The summed E-state index contributed by atoms with van der Waals surface area (Å²) in [5.74, 6) is -4.81. The molecule has 60 heavy (non-hydrogen) atoms. The molecule has 6 fully saturated rings. The Hall–Kier alpha value is -2.28. The van der Waals surface area contributed by atoms with Crippen LogP contribution in [-0.2, 0) is 38.1 Å². The number of esters is 4. The van der Waals surface area contributed by atoms with Crippen LogP contribution in [-0.4, -0.2) is 139 Å². The summed E-state index contributed by atoms with van der Waals surface area (Å²) in [6.45, 7) is 34.2. The van der Waals surface area contributed by atoms with E-state index in [0.717, 1.165) is 0 Å². The van der Waals surface area contributed by atoms with Crippen LogP contribution in [0.4, 0.5) is 0 Å². The van der Waals surface area contributed by atoms with E-state index in [4.69, 9.17) is 18.9 Å². The fourth-order valence-electron chi connectivity index (χ4n) is 14.0. The third-order valence-electron chi connectivity index (χ3n) is 17.8. The lowest BCUT2D eigenvalue weighted by atomic mass is 9.46. The van der Waals surface area contributed by atoms with Gasteiger partial charge in [0.15, 0.2) is 0 Å². The summed E-state index contributed by atoms with van der Waals surface area (Å²) in [5, 5.41) is 0. The zero-order chi connectivity index (χ0) is 45.6. The zero-order valence-corrected chi connectivity index (χ0v) is 41.2. The highest BCUT2D eigenvalue weighted by Gasteiger charge is 2.82. The second-order valence-corrected chi connectivity index (χ2v) is 25.4. The molecule has 0 aromatic rings. The number of likely N-dealkylation sites (tertiary alicyclic amines) is 4. The number of nitrogens with zero attached hydrogens (tertiary/aromatic N) is 4. The maximum atomic E-state index is 15.9. The van der Waals surface area contributed by atoms with Crippen molar-refractivity contribution in [3.63, 3.8) is 0 Å². The van der Waals surface area contributed by atoms with Gasteiger partial charge in [0.2, 0.25) is 0 Å². The van der Waals surface area contributed by atoms with Crippen LogP contribution in [0.25, 0.3) is 0 Å². The molecule has 6 saturated heterocycles. The molecule has 3 atom stereocenters. The van der Waals surface area contributed by atoms with Crippen LogP contribution in [0.5, 0.6) is 0 Å². The summed E-state index contributed by atoms with van der Waals surface area (Å²) in [6.07, 6.45) is 2.59. The van der Waals surface area contributed by atoms with E-state index in [1.54, 1.807) is 0 Å². The lowest BCUT2D eigenvalue weighted by Crippen LogP contribution is -2.82. The van der Waals surface area contributed by atoms with Crippen LogP contribution in [0.2, 0.25) is 0 Å². The van der Waals surface area contributed by atoms with Gasteiger partial charge < -0.3 is 18.9 Å². The Labute approximate surface area is 362 Å². The second-order valence-electron chi connectivity index (χ2n) is 25.4. The average molecular weight is 843 g/mol. The minimum atomic E-state index is -1.78. The summed E-state index contributed by atoms with van der Waals surface area (Å²) in [7, 11) is 8.36. The van der Waals surface area contributed by atoms with Gasteiger partial charge in [0.05, 0.1) is 12.3 Å². The van der Waals surface area contributed by atoms with Crippen molar-refractivity contribution in [3.05, 3.63) is 0 Å². The molecule has 0 amide bonds. The lowest BCUT2D eigenvalue weighted by molar-refractivity contribution is -0.312. The number of rotatable bonds is 7. The van der Waals surface area contributed by atoms with E-state index in [-0.39, 0.29) is 22.2 Å². The molecule has 0 aromatic carbocycles. The molecule has 3 unspecified atom stereocenters. The molecule has 0 aliphatic carbocycles. The van der Waals surface area contributed by atoms with Crippen LogP contribution >= 0.6 is 0 Å². The van der Waals surface area contributed by atoms with E-state index in [2.05, 4.69) is 159 Å². The van der Waals surface area contributed by atoms with E-state index in [1.807, 2.05) is 0 Å². The molecule has 6 rings (SSSR count). The van der Waals surface area contributed by atoms with Gasteiger partial charge in [-0.25, -0.2) is 0 Å². The topological polar surface area (TPSA) is 118 Å². The number of carbonyl (C=O) groups excluding carboxylic acids is 4. The van der Waals surface area contributed by atoms with Gasteiger partial charge in [-0.05, 0) is 139 Å². The van der Waals surface area contributed by atoms with E-state index < -0.39 is 93.1 Å². The summed E-state index contributed by atoms with van der Waals surface area (Å²) in [4.78, 5) is 69.9. The molecule has 342 valence electrons. The third-order valence-corrected chi connectivity index (χ3v) is 17.8. The predicted molar refractivity (Wildman–Crippen MR) is 232 cm³/mol. The molecule has 0 bridgehead atoms. The van der Waals surface area contributed by atoms with Crippen molar-refractivity contribution in [1.82, 2.24) is 19.6 Å². The van der Waals surface area contributed by atoms with Gasteiger partial charge in [-0.1, -0.05) is 0 Å². The Bertz CT molecular complexity index is 1710. The van der Waals surface area contributed by atoms with Crippen molar-refractivity contribution in [2.45, 2.75) is 236 Å². The molecule has 6 heterocycles. The van der Waals surface area contributed by atoms with E-state index in [1.165, 1.54) is 0 Å². The Kier molecular flexibility index (Phi) is 10.9. The fraction of sp³-hybridized carbons (Fsp3) is 0.917. The highest BCUT2D eigenvalue weighted by Crippen LogP contribution is 2.68. The Morgan fingerprint density at radius 2 is 0.900 bits per heavy atom. The summed E-state index contributed by atoms with van der Waals surface area (Å²) in [6, 6.07) is 0. The Balaban J connectivity index is 1.54. The standard InChI is InChI=1S/C48H82N4O8/c1-38(2)21-30(22-39(3,4)49(38)17)57-32(53)25-48(37(56)60-47(48)28-44(13,14)52(20)45(15,16)29-47)34(35(54)58-31-23-40(5,6)50(18)41(7,8)24-31)33-36(55)59-46(33)26-42(9,10)51(19)43(11,12)27-46/h30-31,33-34H,21-29H2,1-20H3. The van der Waals surface area contributed by atoms with Gasteiger partial charge >= 0.3 is 23.9 Å². The maximum Gasteiger partial charge on any atom is 0.318 e. The first-order valence-electron chi connectivity index (χ1n) is 22.7. The third kappa shape index (κ3) is 7.25. The van der Waals surface area contributed by atoms with E-state index in [0.29, 0.717) is 51.4 Å². The zero-order valence-electron chi connectivity index (χ0n) is 41.2. The van der Waals surface area contributed by atoms with Crippen LogP contribution in [0.3, 0.4) is 0 Å². The van der Waals surface area contributed by atoms with Crippen molar-refractivity contribution >= 4 is 23.9 Å². The van der Waals surface area contributed by atoms with E-state index in [9.17, 15) is 9.59 Å². The van der Waals surface area contributed by atoms with Crippen molar-refractivity contribution in [1.29, 1.82) is 0 Å². The summed E-state index contributed by atoms with van der Waals surface area (Å²) in [5.41, 5.74) is -7.24. The first-order valence-corrected chi connectivity index (χ1v) is 22.7. The van der Waals surface area contributed by atoms with Crippen molar-refractivity contribution in [3.8, 4) is 0 Å². The first-order chi connectivity index (χ1) is 26.8. The second kappa shape index (κ2) is 13.9. The van der Waals surface area contributed by atoms with Gasteiger partial charge in [0.25, 0.3) is 0 Å². The Morgan fingerprint density at radius 1 is 0.550 bits per heavy atom. The van der Waals surface area contributed by atoms with Crippen LogP contribution in [0.1, 0.15) is 169 Å². The molecule has 12 heteroatoms. The van der Waals surface area contributed by atoms with E-state index >= 15 is 9.59 Å². The SMILES string of the molecule is CN1C(C)(C)CC(OC(=O)CC2(C(C(=O)OC3CC(C)(C)N(C)C(C)(C)C3)C3C(=O)OC34CC(C)(C)N(C)C(C)(C)C4)C(=O)OC23CC(C)(C)N(C)C(C)(C)C3)CC1(C)C. The summed E-state index contributed by atoms with van der Waals surface area (Å²) < 4.78 is 26.2. The minimum absolute atomic E-state index is 0.263. The smallest absolute Gasteiger partial charge is 0.318 e. The number of hydrogen-bond acceptors (Lipinski definition) is 12. The number of hydrogen-bond donors (Lipinski definition) is 0. The molecule has 0 aromatic heterocycles. The number of ether oxygens (including phenoxy) is 4. The lowest BCUT2D eigenvalue weighted by Gasteiger charge is -2.70. The highest BCUT2D eigenvalue weighted by atomic mass is 16.6. The molecule has 0 N–H and O–H groups in total. The molecule has 0 radical (unpaired) electrons.